The zero-order valence-electron chi connectivity index (χ0n) is 19.3. The van der Waals surface area contributed by atoms with Crippen molar-refractivity contribution in [2.75, 3.05) is 31.1 Å². The second-order valence-electron chi connectivity index (χ2n) is 9.25. The van der Waals surface area contributed by atoms with E-state index in [1.165, 1.54) is 23.5 Å². The van der Waals surface area contributed by atoms with E-state index in [9.17, 15) is 14.3 Å². The quantitative estimate of drug-likeness (QED) is 0.571. The Labute approximate surface area is 208 Å². The maximum atomic E-state index is 14.5. The van der Waals surface area contributed by atoms with Gasteiger partial charge in [0.05, 0.1) is 16.5 Å². The lowest BCUT2D eigenvalue weighted by Gasteiger charge is -2.30. The second-order valence-corrected chi connectivity index (χ2v) is 10.3. The smallest absolute Gasteiger partial charge is 0.264 e. The molecule has 5 rings (SSSR count). The first-order valence-corrected chi connectivity index (χ1v) is 12.7. The maximum Gasteiger partial charge on any atom is 0.264 e. The molecule has 6 nitrogen and oxygen atoms in total. The molecule has 3 N–H and O–H groups in total. The van der Waals surface area contributed by atoms with Gasteiger partial charge in [-0.15, -0.1) is 11.3 Å². The minimum Gasteiger partial charge on any atom is -0.391 e. The number of amides is 1. The average molecular weight is 491 g/mol. The Morgan fingerprint density at radius 1 is 1.09 bits per heavy atom. The van der Waals surface area contributed by atoms with Crippen LogP contribution in [0, 0.1) is 17.1 Å². The van der Waals surface area contributed by atoms with Crippen molar-refractivity contribution in [1.29, 1.82) is 5.26 Å². The third-order valence-electron chi connectivity index (χ3n) is 6.75. The number of benzene rings is 2. The molecule has 1 amide bonds. The van der Waals surface area contributed by atoms with E-state index in [-0.39, 0.29) is 23.6 Å². The van der Waals surface area contributed by atoms with E-state index in [0.29, 0.717) is 30.1 Å². The topological polar surface area (TPSA) is 93.6 Å². The highest BCUT2D eigenvalue weighted by Gasteiger charge is 2.26. The van der Waals surface area contributed by atoms with E-state index in [2.05, 4.69) is 4.90 Å². The summed E-state index contributed by atoms with van der Waals surface area (Å²) in [4.78, 5) is 18.7. The van der Waals surface area contributed by atoms with Gasteiger partial charge in [0.1, 0.15) is 11.9 Å². The van der Waals surface area contributed by atoms with E-state index in [1.807, 2.05) is 36.4 Å². The van der Waals surface area contributed by atoms with Crippen LogP contribution in [0.3, 0.4) is 0 Å². The normalized spacial score (nSPS) is 20.2. The molecule has 2 atom stereocenters. The highest BCUT2D eigenvalue weighted by Crippen LogP contribution is 2.41. The molecule has 2 saturated heterocycles. The molecule has 2 aliphatic heterocycles. The molecule has 3 heterocycles. The van der Waals surface area contributed by atoms with Crippen molar-refractivity contribution in [2.45, 2.75) is 31.4 Å². The number of piperidine rings is 1. The highest BCUT2D eigenvalue weighted by molar-refractivity contribution is 7.18. The molecule has 0 aliphatic carbocycles. The molecule has 1 unspecified atom stereocenters. The van der Waals surface area contributed by atoms with Crippen molar-refractivity contribution in [3.05, 3.63) is 64.8 Å². The number of nitrogens with zero attached hydrogens (tertiary/aromatic N) is 3. The standard InChI is InChI=1S/C27H27FN4O2S/c28-24-12-18(3-4-19(24)14-29)23-13-25(27(34)32-10-1-2-20(30)15-32)35-26(23)17-5-7-21(8-6-17)31-11-9-22(33)16-31/h3-8,12-13,20,22,33H,1-2,9-11,15-16,30H2/t20-,22?/m1/s1. The molecule has 1 aromatic heterocycles. The number of likely N-dealkylation sites (tertiary alicyclic amines) is 1. The van der Waals surface area contributed by atoms with E-state index in [0.717, 1.165) is 47.5 Å². The molecule has 0 bridgehead atoms. The Hall–Kier alpha value is -3.25. The first-order valence-electron chi connectivity index (χ1n) is 11.8. The van der Waals surface area contributed by atoms with Crippen molar-refractivity contribution in [1.82, 2.24) is 4.90 Å². The molecule has 0 radical (unpaired) electrons. The van der Waals surface area contributed by atoms with Crippen molar-refractivity contribution in [2.24, 2.45) is 5.73 Å². The van der Waals surface area contributed by atoms with Gasteiger partial charge in [-0.25, -0.2) is 4.39 Å². The van der Waals surface area contributed by atoms with Gasteiger partial charge in [-0.1, -0.05) is 18.2 Å². The number of halogens is 1. The average Bonchev–Trinajstić information content (AvgIpc) is 3.50. The number of rotatable bonds is 4. The van der Waals surface area contributed by atoms with Crippen LogP contribution in [0.5, 0.6) is 0 Å². The van der Waals surface area contributed by atoms with Crippen LogP contribution in [0.25, 0.3) is 21.6 Å². The Bertz CT molecular complexity index is 1280. The van der Waals surface area contributed by atoms with Crippen LogP contribution in [0.4, 0.5) is 10.1 Å². The number of nitrogens with two attached hydrogens (primary N) is 1. The summed E-state index contributed by atoms with van der Waals surface area (Å²) >= 11 is 1.39. The van der Waals surface area contributed by atoms with Gasteiger partial charge in [-0.3, -0.25) is 4.79 Å². The molecular weight excluding hydrogens is 463 g/mol. The summed E-state index contributed by atoms with van der Waals surface area (Å²) in [6.07, 6.45) is 2.25. The van der Waals surface area contributed by atoms with Gasteiger partial charge in [0.15, 0.2) is 0 Å². The lowest BCUT2D eigenvalue weighted by molar-refractivity contribution is 0.0713. The zero-order valence-corrected chi connectivity index (χ0v) is 20.1. The molecule has 0 spiro atoms. The SMILES string of the molecule is N#Cc1ccc(-c2cc(C(=O)N3CCC[C@@H](N)C3)sc2-c2ccc(N3CCC(O)C3)cc2)cc1F. The number of thiophene rings is 1. The van der Waals surface area contributed by atoms with Gasteiger partial charge in [0.2, 0.25) is 0 Å². The number of β-amino-alcohol motifs (C(OH)–C–C–N with tert-alkyl or cyclic N) is 1. The number of aliphatic hydroxyl groups is 1. The van der Waals surface area contributed by atoms with Gasteiger partial charge in [0, 0.05) is 48.3 Å². The fraction of sp³-hybridized carbons (Fsp3) is 0.333. The van der Waals surface area contributed by atoms with E-state index < -0.39 is 5.82 Å². The molecule has 2 fully saturated rings. The summed E-state index contributed by atoms with van der Waals surface area (Å²) in [5.41, 5.74) is 9.42. The van der Waals surface area contributed by atoms with E-state index in [4.69, 9.17) is 11.0 Å². The number of carbonyl (C=O) groups is 1. The van der Waals surface area contributed by atoms with Gasteiger partial charge in [0.25, 0.3) is 5.91 Å². The number of aliphatic hydroxyl groups excluding tert-OH is 1. The van der Waals surface area contributed by atoms with Crippen LogP contribution in [-0.4, -0.2) is 54.2 Å². The molecule has 35 heavy (non-hydrogen) atoms. The number of hydrogen-bond donors (Lipinski definition) is 2. The van der Waals surface area contributed by atoms with E-state index >= 15 is 0 Å². The Kier molecular flexibility index (Phi) is 6.56. The van der Waals surface area contributed by atoms with Crippen LogP contribution < -0.4 is 10.6 Å². The monoisotopic (exact) mass is 490 g/mol. The van der Waals surface area contributed by atoms with Gasteiger partial charge < -0.3 is 20.6 Å². The first kappa shape index (κ1) is 23.5. The molecule has 0 saturated carbocycles. The van der Waals surface area contributed by atoms with Gasteiger partial charge in [-0.05, 0) is 60.7 Å². The van der Waals surface area contributed by atoms with Crippen LogP contribution in [0.1, 0.15) is 34.5 Å². The molecule has 2 aromatic carbocycles. The molecular formula is C27H27FN4O2S. The lowest BCUT2D eigenvalue weighted by atomic mass is 10.0. The Morgan fingerprint density at radius 3 is 2.51 bits per heavy atom. The molecule has 180 valence electrons. The minimum atomic E-state index is -0.583. The van der Waals surface area contributed by atoms with Crippen molar-refractivity contribution in [3.63, 3.8) is 0 Å². The lowest BCUT2D eigenvalue weighted by Crippen LogP contribution is -2.45. The minimum absolute atomic E-state index is 0.0127. The predicted molar refractivity (Wildman–Crippen MR) is 136 cm³/mol. The van der Waals surface area contributed by atoms with Crippen LogP contribution in [-0.2, 0) is 0 Å². The van der Waals surface area contributed by atoms with Crippen molar-refractivity contribution >= 4 is 22.9 Å². The second kappa shape index (κ2) is 9.78. The van der Waals surface area contributed by atoms with Gasteiger partial charge in [-0.2, -0.15) is 5.26 Å². The van der Waals surface area contributed by atoms with Crippen molar-refractivity contribution < 1.29 is 14.3 Å². The van der Waals surface area contributed by atoms with E-state index in [1.54, 1.807) is 11.0 Å². The maximum absolute atomic E-state index is 14.5. The number of anilines is 1. The molecule has 2 aliphatic rings. The van der Waals surface area contributed by atoms with Crippen LogP contribution >= 0.6 is 11.3 Å². The zero-order chi connectivity index (χ0) is 24.5. The fourth-order valence-electron chi connectivity index (χ4n) is 4.85. The molecule has 3 aromatic rings. The van der Waals surface area contributed by atoms with Gasteiger partial charge >= 0.3 is 0 Å². The summed E-state index contributed by atoms with van der Waals surface area (Å²) in [5, 5.41) is 19.0. The fourth-order valence-corrected chi connectivity index (χ4v) is 6.00. The number of nitriles is 1. The Balaban J connectivity index is 1.53. The number of carbonyl (C=O) groups excluding carboxylic acids is 1. The molecule has 8 heteroatoms. The summed E-state index contributed by atoms with van der Waals surface area (Å²) in [6, 6.07) is 16.2. The Morgan fingerprint density at radius 2 is 1.86 bits per heavy atom. The number of hydrogen-bond acceptors (Lipinski definition) is 6. The summed E-state index contributed by atoms with van der Waals surface area (Å²) in [6.45, 7) is 2.64. The third-order valence-corrected chi connectivity index (χ3v) is 7.92. The van der Waals surface area contributed by atoms with Crippen LogP contribution in [0.15, 0.2) is 48.5 Å². The highest BCUT2D eigenvalue weighted by atomic mass is 32.1. The summed E-state index contributed by atoms with van der Waals surface area (Å²) < 4.78 is 14.5. The predicted octanol–water partition coefficient (Wildman–Crippen LogP) is 4.23. The summed E-state index contributed by atoms with van der Waals surface area (Å²) in [7, 11) is 0. The largest absolute Gasteiger partial charge is 0.391 e. The van der Waals surface area contributed by atoms with Crippen LogP contribution in [0.2, 0.25) is 0 Å². The first-order chi connectivity index (χ1) is 16.9. The summed E-state index contributed by atoms with van der Waals surface area (Å²) in [5.74, 6) is -0.644. The third kappa shape index (κ3) is 4.80. The van der Waals surface area contributed by atoms with Crippen molar-refractivity contribution in [3.8, 4) is 27.6 Å².